The lowest BCUT2D eigenvalue weighted by molar-refractivity contribution is -0.138. The number of amides is 1. The van der Waals surface area contributed by atoms with Gasteiger partial charge in [-0.2, -0.15) is 0 Å². The molecule has 4 nitrogen and oxygen atoms in total. The molecule has 0 bridgehead atoms. The molecule has 3 rings (SSSR count). The first-order valence-corrected chi connectivity index (χ1v) is 7.95. The first kappa shape index (κ1) is 17.1. The van der Waals surface area contributed by atoms with Crippen LogP contribution in [0.1, 0.15) is 36.3 Å². The van der Waals surface area contributed by atoms with E-state index >= 15 is 0 Å². The maximum atomic E-state index is 13.8. The third-order valence-electron chi connectivity index (χ3n) is 4.54. The summed E-state index contributed by atoms with van der Waals surface area (Å²) in [6.07, 6.45) is 0.516. The summed E-state index contributed by atoms with van der Waals surface area (Å²) >= 11 is 0. The van der Waals surface area contributed by atoms with Gasteiger partial charge in [-0.15, -0.1) is 0 Å². The van der Waals surface area contributed by atoms with Gasteiger partial charge in [0, 0.05) is 17.7 Å². The van der Waals surface area contributed by atoms with E-state index < -0.39 is 23.5 Å². The largest absolute Gasteiger partial charge is 0.481 e. The molecule has 0 heterocycles. The van der Waals surface area contributed by atoms with Crippen LogP contribution in [0.5, 0.6) is 0 Å². The number of rotatable bonds is 5. The van der Waals surface area contributed by atoms with Crippen molar-refractivity contribution in [1.29, 1.82) is 0 Å². The second kappa shape index (κ2) is 6.63. The van der Waals surface area contributed by atoms with Crippen molar-refractivity contribution in [3.63, 3.8) is 0 Å². The molecule has 0 aromatic heterocycles. The van der Waals surface area contributed by atoms with Crippen LogP contribution in [-0.4, -0.2) is 17.0 Å². The molecule has 0 saturated heterocycles. The van der Waals surface area contributed by atoms with Crippen LogP contribution in [0.2, 0.25) is 0 Å². The highest BCUT2D eigenvalue weighted by atomic mass is 19.1. The number of carboxylic acids is 1. The molecule has 1 fully saturated rings. The third kappa shape index (κ3) is 3.68. The lowest BCUT2D eigenvalue weighted by Crippen LogP contribution is -2.15. The number of hydrogen-bond acceptors (Lipinski definition) is 2. The number of carbonyl (C=O) groups is 2. The van der Waals surface area contributed by atoms with Gasteiger partial charge in [0.1, 0.15) is 11.6 Å². The Kier molecular flexibility index (Phi) is 4.53. The van der Waals surface area contributed by atoms with Crippen LogP contribution in [-0.2, 0) is 9.59 Å². The van der Waals surface area contributed by atoms with Crippen LogP contribution in [0.3, 0.4) is 0 Å². The minimum absolute atomic E-state index is 0.229. The zero-order valence-electron chi connectivity index (χ0n) is 13.5. The summed E-state index contributed by atoms with van der Waals surface area (Å²) in [5.41, 5.74) is 1.55. The fourth-order valence-electron chi connectivity index (χ4n) is 2.86. The van der Waals surface area contributed by atoms with Crippen molar-refractivity contribution in [3.8, 4) is 0 Å². The summed E-state index contributed by atoms with van der Waals surface area (Å²) < 4.78 is 26.7. The van der Waals surface area contributed by atoms with Crippen molar-refractivity contribution in [3.05, 3.63) is 65.2 Å². The first-order chi connectivity index (χ1) is 11.9. The van der Waals surface area contributed by atoms with E-state index in [9.17, 15) is 18.4 Å². The normalized spacial score (nSPS) is 20.0. The highest BCUT2D eigenvalue weighted by Crippen LogP contribution is 2.48. The Balaban J connectivity index is 1.63. The van der Waals surface area contributed by atoms with Gasteiger partial charge in [-0.1, -0.05) is 18.2 Å². The predicted molar refractivity (Wildman–Crippen MR) is 88.3 cm³/mol. The molecule has 130 valence electrons. The number of aliphatic carboxylic acids is 1. The van der Waals surface area contributed by atoms with Gasteiger partial charge in [-0.25, -0.2) is 8.78 Å². The Hall–Kier alpha value is -2.76. The summed E-state index contributed by atoms with van der Waals surface area (Å²) in [6.45, 7) is 1.59. The quantitative estimate of drug-likeness (QED) is 0.864. The van der Waals surface area contributed by atoms with Gasteiger partial charge in [-0.3, -0.25) is 9.59 Å². The Bertz CT molecular complexity index is 820. The van der Waals surface area contributed by atoms with Crippen LogP contribution >= 0.6 is 0 Å². The zero-order valence-corrected chi connectivity index (χ0v) is 13.5. The van der Waals surface area contributed by atoms with E-state index in [0.29, 0.717) is 23.2 Å². The molecular formula is C19H17F2NO3. The van der Waals surface area contributed by atoms with E-state index in [1.54, 1.807) is 31.2 Å². The minimum Gasteiger partial charge on any atom is -0.481 e. The molecule has 2 aromatic rings. The molecule has 0 aliphatic heterocycles. The number of benzene rings is 2. The van der Waals surface area contributed by atoms with Gasteiger partial charge in [0.05, 0.1) is 5.92 Å². The molecule has 3 atom stereocenters. The molecule has 6 heteroatoms. The van der Waals surface area contributed by atoms with E-state index in [4.69, 9.17) is 5.11 Å². The first-order valence-electron chi connectivity index (χ1n) is 7.95. The van der Waals surface area contributed by atoms with Crippen molar-refractivity contribution in [1.82, 2.24) is 0 Å². The molecule has 0 radical (unpaired) electrons. The van der Waals surface area contributed by atoms with Crippen LogP contribution in [0, 0.1) is 17.6 Å². The van der Waals surface area contributed by atoms with Gasteiger partial charge < -0.3 is 10.4 Å². The number of halogens is 2. The van der Waals surface area contributed by atoms with E-state index in [1.165, 1.54) is 12.1 Å². The molecule has 1 amide bonds. The molecular weight excluding hydrogens is 328 g/mol. The maximum absolute atomic E-state index is 13.8. The van der Waals surface area contributed by atoms with Crippen molar-refractivity contribution in [2.75, 3.05) is 5.32 Å². The Labute approximate surface area is 143 Å². The minimum atomic E-state index is -0.918. The van der Waals surface area contributed by atoms with E-state index in [-0.39, 0.29) is 17.7 Å². The van der Waals surface area contributed by atoms with Gasteiger partial charge >= 0.3 is 5.97 Å². The number of anilines is 1. The summed E-state index contributed by atoms with van der Waals surface area (Å²) in [5.74, 6) is -3.64. The fraction of sp³-hybridized carbons (Fsp3) is 0.263. The third-order valence-corrected chi connectivity index (χ3v) is 4.54. The van der Waals surface area contributed by atoms with Crippen molar-refractivity contribution >= 4 is 17.6 Å². The fourth-order valence-corrected chi connectivity index (χ4v) is 2.86. The number of carbonyl (C=O) groups excluding carboxylic acids is 1. The lowest BCUT2D eigenvalue weighted by Gasteiger charge is -2.09. The SMILES string of the molecule is CC(C(=O)O)c1ccc(NC(=O)C2CC2c2ccc(F)cc2F)cc1. The van der Waals surface area contributed by atoms with Gasteiger partial charge in [-0.05, 0) is 48.6 Å². The lowest BCUT2D eigenvalue weighted by atomic mass is 10.0. The van der Waals surface area contributed by atoms with Crippen LogP contribution in [0.15, 0.2) is 42.5 Å². The average molecular weight is 345 g/mol. The van der Waals surface area contributed by atoms with Crippen molar-refractivity contribution in [2.45, 2.75) is 25.2 Å². The van der Waals surface area contributed by atoms with Gasteiger partial charge in [0.2, 0.25) is 5.91 Å². The van der Waals surface area contributed by atoms with Crippen LogP contribution < -0.4 is 5.32 Å². The summed E-state index contributed by atoms with van der Waals surface area (Å²) in [7, 11) is 0. The summed E-state index contributed by atoms with van der Waals surface area (Å²) in [5, 5.41) is 11.7. The second-order valence-electron chi connectivity index (χ2n) is 6.29. The Morgan fingerprint density at radius 1 is 1.16 bits per heavy atom. The van der Waals surface area contributed by atoms with Crippen molar-refractivity contribution < 1.29 is 23.5 Å². The molecule has 3 unspecified atom stereocenters. The molecule has 25 heavy (non-hydrogen) atoms. The molecule has 1 aliphatic carbocycles. The number of nitrogens with one attached hydrogen (secondary N) is 1. The summed E-state index contributed by atoms with van der Waals surface area (Å²) in [4.78, 5) is 23.2. The van der Waals surface area contributed by atoms with Crippen LogP contribution in [0.25, 0.3) is 0 Å². The number of hydrogen-bond donors (Lipinski definition) is 2. The average Bonchev–Trinajstić information content (AvgIpc) is 3.35. The molecule has 0 spiro atoms. The van der Waals surface area contributed by atoms with E-state index in [1.807, 2.05) is 0 Å². The van der Waals surface area contributed by atoms with Crippen LogP contribution in [0.4, 0.5) is 14.5 Å². The zero-order chi connectivity index (χ0) is 18.1. The predicted octanol–water partition coefficient (Wildman–Crippen LogP) is 3.90. The standard InChI is InChI=1S/C19H17F2NO3/c1-10(19(24)25)11-2-5-13(6-3-11)22-18(23)16-9-15(16)14-7-4-12(20)8-17(14)21/h2-8,10,15-16H,9H2,1H3,(H,22,23)(H,24,25). The van der Waals surface area contributed by atoms with Gasteiger partial charge in [0.25, 0.3) is 0 Å². The molecule has 2 N–H and O–H groups in total. The maximum Gasteiger partial charge on any atom is 0.310 e. The number of carboxylic acid groups (broad SMARTS) is 1. The monoisotopic (exact) mass is 345 g/mol. The van der Waals surface area contributed by atoms with Gasteiger partial charge in [0.15, 0.2) is 0 Å². The second-order valence-corrected chi connectivity index (χ2v) is 6.29. The Morgan fingerprint density at radius 2 is 1.84 bits per heavy atom. The highest BCUT2D eigenvalue weighted by molar-refractivity contribution is 5.95. The molecule has 1 aliphatic rings. The highest BCUT2D eigenvalue weighted by Gasteiger charge is 2.45. The molecule has 2 aromatic carbocycles. The van der Waals surface area contributed by atoms with E-state index in [0.717, 1.165) is 6.07 Å². The topological polar surface area (TPSA) is 66.4 Å². The van der Waals surface area contributed by atoms with Crippen molar-refractivity contribution in [2.24, 2.45) is 5.92 Å². The van der Waals surface area contributed by atoms with E-state index in [2.05, 4.69) is 5.32 Å². The summed E-state index contributed by atoms with van der Waals surface area (Å²) in [6, 6.07) is 9.98. The smallest absolute Gasteiger partial charge is 0.310 e. The Morgan fingerprint density at radius 3 is 2.44 bits per heavy atom. The molecule has 1 saturated carbocycles.